The molecular weight excluding hydrogens is 422 g/mol. The second kappa shape index (κ2) is 8.19. The van der Waals surface area contributed by atoms with Gasteiger partial charge >= 0.3 is 0 Å². The van der Waals surface area contributed by atoms with E-state index in [1.54, 1.807) is 10.9 Å². The van der Waals surface area contributed by atoms with Crippen LogP contribution in [0.25, 0.3) is 0 Å². The van der Waals surface area contributed by atoms with Gasteiger partial charge in [0.15, 0.2) is 0 Å². The topological polar surface area (TPSA) is 56.0 Å². The standard InChI is InChI=1S/C15H18BrF4N5O/c1-4-24-6-9(16)11(21-24)7-23(3)15(26)8(2)25-12(14(19)20)5-10(22-25)13(17)18/h5-6,8,13-14H,4,7H2,1-3H3. The fourth-order valence-electron chi connectivity index (χ4n) is 2.44. The second-order valence-electron chi connectivity index (χ2n) is 5.69. The summed E-state index contributed by atoms with van der Waals surface area (Å²) in [4.78, 5) is 13.9. The SMILES string of the molecule is CCn1cc(Br)c(CN(C)C(=O)C(C)n2nc(C(F)F)cc2C(F)F)n1. The molecule has 2 rings (SSSR count). The first-order valence-corrected chi connectivity index (χ1v) is 8.57. The number of carbonyl (C=O) groups is 1. The van der Waals surface area contributed by atoms with Crippen LogP contribution >= 0.6 is 15.9 Å². The van der Waals surface area contributed by atoms with Gasteiger partial charge in [-0.15, -0.1) is 0 Å². The lowest BCUT2D eigenvalue weighted by atomic mass is 10.2. The lowest BCUT2D eigenvalue weighted by molar-refractivity contribution is -0.134. The summed E-state index contributed by atoms with van der Waals surface area (Å²) < 4.78 is 54.9. The van der Waals surface area contributed by atoms with Gasteiger partial charge in [0.25, 0.3) is 12.9 Å². The highest BCUT2D eigenvalue weighted by Gasteiger charge is 2.28. The molecule has 0 fully saturated rings. The van der Waals surface area contributed by atoms with Gasteiger partial charge in [0, 0.05) is 19.8 Å². The lowest BCUT2D eigenvalue weighted by Gasteiger charge is -2.22. The Kier molecular flexibility index (Phi) is 6.43. The Morgan fingerprint density at radius 3 is 2.42 bits per heavy atom. The molecule has 144 valence electrons. The van der Waals surface area contributed by atoms with Crippen molar-refractivity contribution < 1.29 is 22.4 Å². The van der Waals surface area contributed by atoms with Gasteiger partial charge in [-0.05, 0) is 35.8 Å². The fourth-order valence-corrected chi connectivity index (χ4v) is 2.88. The van der Waals surface area contributed by atoms with E-state index in [1.807, 2.05) is 6.92 Å². The van der Waals surface area contributed by atoms with Crippen LogP contribution in [0.2, 0.25) is 0 Å². The molecule has 0 saturated carbocycles. The Morgan fingerprint density at radius 2 is 1.92 bits per heavy atom. The third-order valence-electron chi connectivity index (χ3n) is 3.83. The zero-order valence-corrected chi connectivity index (χ0v) is 15.9. The molecule has 2 aromatic rings. The number of likely N-dealkylation sites (N-methyl/N-ethyl adjacent to an activating group) is 1. The van der Waals surface area contributed by atoms with Gasteiger partial charge in [-0.25, -0.2) is 17.6 Å². The zero-order valence-electron chi connectivity index (χ0n) is 14.3. The van der Waals surface area contributed by atoms with Crippen LogP contribution in [0.4, 0.5) is 17.6 Å². The molecule has 0 aliphatic rings. The van der Waals surface area contributed by atoms with Crippen molar-refractivity contribution in [2.24, 2.45) is 0 Å². The minimum Gasteiger partial charge on any atom is -0.338 e. The summed E-state index contributed by atoms with van der Waals surface area (Å²) in [6, 6.07) is -0.540. The largest absolute Gasteiger partial charge is 0.338 e. The summed E-state index contributed by atoms with van der Waals surface area (Å²) in [5.41, 5.74) is -0.907. The van der Waals surface area contributed by atoms with E-state index in [1.165, 1.54) is 18.9 Å². The first kappa shape index (κ1) is 20.4. The Hall–Kier alpha value is -1.91. The number of nitrogens with zero attached hydrogens (tertiary/aromatic N) is 5. The fraction of sp³-hybridized carbons (Fsp3) is 0.533. The van der Waals surface area contributed by atoms with Crippen LogP contribution < -0.4 is 0 Å². The van der Waals surface area contributed by atoms with Crippen molar-refractivity contribution in [3.05, 3.63) is 33.8 Å². The second-order valence-corrected chi connectivity index (χ2v) is 6.54. The van der Waals surface area contributed by atoms with E-state index >= 15 is 0 Å². The molecule has 0 radical (unpaired) electrons. The van der Waals surface area contributed by atoms with E-state index < -0.39 is 36.2 Å². The van der Waals surface area contributed by atoms with Gasteiger partial charge in [-0.2, -0.15) is 10.2 Å². The van der Waals surface area contributed by atoms with E-state index in [2.05, 4.69) is 26.1 Å². The predicted molar refractivity (Wildman–Crippen MR) is 88.9 cm³/mol. The molecule has 6 nitrogen and oxygen atoms in total. The summed E-state index contributed by atoms with van der Waals surface area (Å²) in [5.74, 6) is -0.547. The molecule has 2 aromatic heterocycles. The molecule has 0 aliphatic carbocycles. The van der Waals surface area contributed by atoms with Crippen molar-refractivity contribution in [3.8, 4) is 0 Å². The van der Waals surface area contributed by atoms with E-state index in [4.69, 9.17) is 0 Å². The van der Waals surface area contributed by atoms with Gasteiger partial charge in [0.05, 0.1) is 16.7 Å². The molecule has 1 amide bonds. The number of rotatable bonds is 7. The van der Waals surface area contributed by atoms with Crippen molar-refractivity contribution in [1.29, 1.82) is 0 Å². The molecule has 0 spiro atoms. The molecule has 26 heavy (non-hydrogen) atoms. The molecule has 11 heteroatoms. The normalized spacial score (nSPS) is 12.8. The minimum absolute atomic E-state index is 0.129. The highest BCUT2D eigenvalue weighted by molar-refractivity contribution is 9.10. The Labute approximate surface area is 155 Å². The van der Waals surface area contributed by atoms with Crippen molar-refractivity contribution in [2.45, 2.75) is 45.8 Å². The monoisotopic (exact) mass is 439 g/mol. The molecule has 0 aliphatic heterocycles. The number of aromatic nitrogens is 4. The quantitative estimate of drug-likeness (QED) is 0.613. The van der Waals surface area contributed by atoms with Crippen LogP contribution in [0.3, 0.4) is 0 Å². The van der Waals surface area contributed by atoms with Gasteiger partial charge in [0.2, 0.25) is 5.91 Å². The number of hydrogen-bond donors (Lipinski definition) is 0. The third kappa shape index (κ3) is 4.25. The average Bonchev–Trinajstić information content (AvgIpc) is 3.18. The molecule has 2 heterocycles. The predicted octanol–water partition coefficient (Wildman–Crippen LogP) is 3.96. The smallest absolute Gasteiger partial charge is 0.282 e. The van der Waals surface area contributed by atoms with Crippen molar-refractivity contribution in [2.75, 3.05) is 7.05 Å². The Balaban J connectivity index is 2.21. The number of carbonyl (C=O) groups excluding carboxylic acids is 1. The molecule has 1 unspecified atom stereocenters. The van der Waals surface area contributed by atoms with Crippen molar-refractivity contribution in [1.82, 2.24) is 24.5 Å². The van der Waals surface area contributed by atoms with Gasteiger partial charge in [-0.1, -0.05) is 0 Å². The lowest BCUT2D eigenvalue weighted by Crippen LogP contribution is -2.34. The summed E-state index contributed by atoms with van der Waals surface area (Å²) in [6.45, 7) is 4.02. The molecular formula is C15H18BrF4N5O. The molecule has 0 N–H and O–H groups in total. The highest BCUT2D eigenvalue weighted by Crippen LogP contribution is 2.28. The average molecular weight is 440 g/mol. The molecule has 0 saturated heterocycles. The summed E-state index contributed by atoms with van der Waals surface area (Å²) in [6.07, 6.45) is -4.26. The van der Waals surface area contributed by atoms with Crippen molar-refractivity contribution in [3.63, 3.8) is 0 Å². The maximum Gasteiger partial charge on any atom is 0.282 e. The van der Waals surface area contributed by atoms with E-state index in [-0.39, 0.29) is 6.54 Å². The Bertz CT molecular complexity index is 776. The maximum absolute atomic E-state index is 13.1. The van der Waals surface area contributed by atoms with Crippen LogP contribution in [0, 0.1) is 0 Å². The minimum atomic E-state index is -3.02. The number of hydrogen-bond acceptors (Lipinski definition) is 3. The summed E-state index contributed by atoms with van der Waals surface area (Å²) in [7, 11) is 1.48. The van der Waals surface area contributed by atoms with Gasteiger partial charge in [0.1, 0.15) is 17.4 Å². The molecule has 0 aromatic carbocycles. The number of halogens is 5. The van der Waals surface area contributed by atoms with E-state index in [9.17, 15) is 22.4 Å². The summed E-state index contributed by atoms with van der Waals surface area (Å²) in [5, 5.41) is 7.78. The number of amides is 1. The maximum atomic E-state index is 13.1. The number of alkyl halides is 4. The number of aryl methyl sites for hydroxylation is 1. The molecule has 1 atom stereocenters. The zero-order chi connectivity index (χ0) is 19.6. The van der Waals surface area contributed by atoms with Crippen LogP contribution in [-0.4, -0.2) is 37.4 Å². The van der Waals surface area contributed by atoms with Crippen LogP contribution in [0.5, 0.6) is 0 Å². The first-order chi connectivity index (χ1) is 12.1. The van der Waals surface area contributed by atoms with Gasteiger partial charge < -0.3 is 4.90 Å². The van der Waals surface area contributed by atoms with Crippen LogP contribution in [-0.2, 0) is 17.9 Å². The highest BCUT2D eigenvalue weighted by atomic mass is 79.9. The summed E-state index contributed by atoms with van der Waals surface area (Å²) >= 11 is 3.35. The van der Waals surface area contributed by atoms with Crippen molar-refractivity contribution >= 4 is 21.8 Å². The van der Waals surface area contributed by atoms with E-state index in [0.29, 0.717) is 27.5 Å². The first-order valence-electron chi connectivity index (χ1n) is 7.78. The molecule has 0 bridgehead atoms. The van der Waals surface area contributed by atoms with E-state index in [0.717, 1.165) is 0 Å². The van der Waals surface area contributed by atoms with Crippen LogP contribution in [0.1, 0.15) is 49.8 Å². The van der Waals surface area contributed by atoms with Crippen LogP contribution in [0.15, 0.2) is 16.7 Å². The van der Waals surface area contributed by atoms with Gasteiger partial charge in [-0.3, -0.25) is 14.2 Å². The third-order valence-corrected chi connectivity index (χ3v) is 4.49. The Morgan fingerprint density at radius 1 is 1.27 bits per heavy atom.